The average Bonchev–Trinajstić information content (AvgIpc) is 3.29. The van der Waals surface area contributed by atoms with Gasteiger partial charge in [-0.25, -0.2) is 0 Å². The van der Waals surface area contributed by atoms with E-state index in [1.165, 1.54) is 9.80 Å². The second kappa shape index (κ2) is 9.03. The van der Waals surface area contributed by atoms with Crippen LogP contribution in [-0.4, -0.2) is 99.4 Å². The van der Waals surface area contributed by atoms with Crippen molar-refractivity contribution >= 4 is 33.7 Å². The maximum atomic E-state index is 13.8. The molecular weight excluding hydrogens is 466 g/mol. The number of aliphatic hydroxyl groups is 1. The molecule has 0 aromatic carbocycles. The van der Waals surface area contributed by atoms with Gasteiger partial charge in [-0.1, -0.05) is 28.1 Å². The molecule has 8 nitrogen and oxygen atoms in total. The second-order valence-electron chi connectivity index (χ2n) is 8.80. The Labute approximate surface area is 192 Å². The highest BCUT2D eigenvalue weighted by molar-refractivity contribution is 9.09. The van der Waals surface area contributed by atoms with Crippen LogP contribution in [0.4, 0.5) is 0 Å². The van der Waals surface area contributed by atoms with Crippen LogP contribution < -0.4 is 0 Å². The molecule has 9 heteroatoms. The van der Waals surface area contributed by atoms with Crippen molar-refractivity contribution in [3.8, 4) is 0 Å². The Morgan fingerprint density at radius 3 is 2.52 bits per heavy atom. The third-order valence-electron chi connectivity index (χ3n) is 6.66. The molecule has 3 heterocycles. The number of carbonyl (C=O) groups excluding carboxylic acids is 3. The first-order valence-electron chi connectivity index (χ1n) is 10.7. The summed E-state index contributed by atoms with van der Waals surface area (Å²) in [5.74, 6) is -2.20. The smallest absolute Gasteiger partial charge is 0.248 e. The van der Waals surface area contributed by atoms with E-state index >= 15 is 0 Å². The van der Waals surface area contributed by atoms with Gasteiger partial charge in [-0.05, 0) is 20.3 Å². The van der Waals surface area contributed by atoms with Gasteiger partial charge in [0.15, 0.2) is 0 Å². The van der Waals surface area contributed by atoms with Crippen LogP contribution in [0.15, 0.2) is 25.3 Å². The fourth-order valence-electron chi connectivity index (χ4n) is 5.43. The van der Waals surface area contributed by atoms with Crippen molar-refractivity contribution in [2.45, 2.75) is 48.9 Å². The number of amides is 3. The molecule has 0 aliphatic carbocycles. The summed E-state index contributed by atoms with van der Waals surface area (Å²) in [4.78, 5) is 45.1. The molecule has 172 valence electrons. The van der Waals surface area contributed by atoms with Gasteiger partial charge in [0.25, 0.3) is 0 Å². The molecular formula is C22H32BrN3O5. The lowest BCUT2D eigenvalue weighted by atomic mass is 9.70. The molecule has 0 saturated carbocycles. The molecule has 3 aliphatic rings. The van der Waals surface area contributed by atoms with Gasteiger partial charge in [-0.15, -0.1) is 13.2 Å². The van der Waals surface area contributed by atoms with Crippen LogP contribution in [0.1, 0.15) is 20.3 Å². The van der Waals surface area contributed by atoms with E-state index in [9.17, 15) is 19.5 Å². The number of aliphatic hydroxyl groups excluding tert-OH is 1. The molecule has 3 saturated heterocycles. The number of halogens is 1. The SMILES string of the molecule is C=CCN(C)C(=O)[C@H]1[C@@H]2OC3(CC2Br)C(C(=O)N(CC=C)C(C)C)N(CCO)C(=O)[C@H]13. The number of hydrogen-bond acceptors (Lipinski definition) is 5. The van der Waals surface area contributed by atoms with Crippen LogP contribution in [0.3, 0.4) is 0 Å². The van der Waals surface area contributed by atoms with Gasteiger partial charge in [0.1, 0.15) is 11.6 Å². The average molecular weight is 498 g/mol. The Morgan fingerprint density at radius 2 is 1.97 bits per heavy atom. The van der Waals surface area contributed by atoms with E-state index in [-0.39, 0.29) is 41.7 Å². The molecule has 2 bridgehead atoms. The van der Waals surface area contributed by atoms with Crippen molar-refractivity contribution in [2.75, 3.05) is 33.3 Å². The number of ether oxygens (including phenoxy) is 1. The van der Waals surface area contributed by atoms with Crippen LogP contribution >= 0.6 is 15.9 Å². The number of β-amino-alcohol motifs (C(OH)–C–C–N with tert-alkyl or cyclic N) is 1. The Kier molecular flexibility index (Phi) is 6.98. The monoisotopic (exact) mass is 497 g/mol. The fraction of sp³-hybridized carbons (Fsp3) is 0.682. The van der Waals surface area contributed by atoms with Gasteiger partial charge >= 0.3 is 0 Å². The first kappa shape index (κ1) is 23.9. The molecule has 3 unspecified atom stereocenters. The van der Waals surface area contributed by atoms with E-state index in [4.69, 9.17) is 4.74 Å². The fourth-order valence-corrected chi connectivity index (χ4v) is 6.37. The molecule has 6 atom stereocenters. The molecule has 3 rings (SSSR count). The van der Waals surface area contributed by atoms with Crippen LogP contribution in [0.25, 0.3) is 0 Å². The first-order chi connectivity index (χ1) is 14.7. The Balaban J connectivity index is 2.06. The van der Waals surface area contributed by atoms with E-state index in [0.717, 1.165) is 0 Å². The molecule has 0 radical (unpaired) electrons. The summed E-state index contributed by atoms with van der Waals surface area (Å²) in [5, 5.41) is 9.64. The number of likely N-dealkylation sites (N-methyl/N-ethyl adjacent to an activating group) is 1. The minimum Gasteiger partial charge on any atom is -0.395 e. The summed E-state index contributed by atoms with van der Waals surface area (Å²) in [6, 6.07) is -1.01. The van der Waals surface area contributed by atoms with Crippen LogP contribution in [-0.2, 0) is 19.1 Å². The summed E-state index contributed by atoms with van der Waals surface area (Å²) in [7, 11) is 1.67. The summed E-state index contributed by atoms with van der Waals surface area (Å²) in [6.07, 6.45) is 3.23. The van der Waals surface area contributed by atoms with Gasteiger partial charge in [0.2, 0.25) is 17.7 Å². The zero-order valence-electron chi connectivity index (χ0n) is 18.4. The van der Waals surface area contributed by atoms with E-state index in [2.05, 4.69) is 29.1 Å². The summed E-state index contributed by atoms with van der Waals surface area (Å²) >= 11 is 3.64. The minimum absolute atomic E-state index is 0.0118. The zero-order chi connectivity index (χ0) is 23.1. The second-order valence-corrected chi connectivity index (χ2v) is 9.98. The van der Waals surface area contributed by atoms with Crippen molar-refractivity contribution in [3.05, 3.63) is 25.3 Å². The molecule has 0 aromatic heterocycles. The third-order valence-corrected chi connectivity index (χ3v) is 7.51. The Hall–Kier alpha value is -1.71. The molecule has 3 amide bonds. The Morgan fingerprint density at radius 1 is 1.32 bits per heavy atom. The van der Waals surface area contributed by atoms with Crippen LogP contribution in [0.5, 0.6) is 0 Å². The molecule has 3 fully saturated rings. The number of rotatable bonds is 9. The van der Waals surface area contributed by atoms with E-state index in [1.54, 1.807) is 24.1 Å². The summed E-state index contributed by atoms with van der Waals surface area (Å²) in [6.45, 7) is 11.7. The number of carbonyl (C=O) groups is 3. The maximum absolute atomic E-state index is 13.8. The van der Waals surface area contributed by atoms with Crippen LogP contribution in [0, 0.1) is 11.8 Å². The Bertz CT molecular complexity index is 774. The van der Waals surface area contributed by atoms with E-state index in [1.807, 2.05) is 13.8 Å². The standard InChI is InChI=1S/C22H32BrN3O5/c1-6-8-24(5)19(28)15-16-20(29)26(10-11-27)18(21(30)25(9-7-2)13(3)4)22(16)12-14(23)17(15)31-22/h6-7,13-18,27H,1-2,8-12H2,3-5H3/t14?,15-,16+,17-,18?,22?/m1/s1. The quantitative estimate of drug-likeness (QED) is 0.375. The van der Waals surface area contributed by atoms with Gasteiger partial charge < -0.3 is 24.5 Å². The number of nitrogens with zero attached hydrogens (tertiary/aromatic N) is 3. The normalized spacial score (nSPS) is 33.5. The van der Waals surface area contributed by atoms with Gasteiger partial charge in [-0.2, -0.15) is 0 Å². The highest BCUT2D eigenvalue weighted by Crippen LogP contribution is 2.60. The van der Waals surface area contributed by atoms with Gasteiger partial charge in [-0.3, -0.25) is 14.4 Å². The highest BCUT2D eigenvalue weighted by atomic mass is 79.9. The lowest BCUT2D eigenvalue weighted by Gasteiger charge is -2.38. The molecule has 1 N–H and O–H groups in total. The third kappa shape index (κ3) is 3.64. The number of likely N-dealkylation sites (tertiary alicyclic amines) is 1. The first-order valence-corrected chi connectivity index (χ1v) is 11.6. The van der Waals surface area contributed by atoms with E-state index in [0.29, 0.717) is 19.5 Å². The number of alkyl halides is 1. The van der Waals surface area contributed by atoms with Gasteiger partial charge in [0, 0.05) is 37.6 Å². The topological polar surface area (TPSA) is 90.4 Å². The largest absolute Gasteiger partial charge is 0.395 e. The molecule has 3 aliphatic heterocycles. The predicted molar refractivity (Wildman–Crippen MR) is 119 cm³/mol. The number of fused-ring (bicyclic) bond motifs is 1. The number of hydrogen-bond donors (Lipinski definition) is 1. The minimum atomic E-state index is -1.11. The predicted octanol–water partition coefficient (Wildman–Crippen LogP) is 0.794. The van der Waals surface area contributed by atoms with Crippen molar-refractivity contribution < 1.29 is 24.2 Å². The van der Waals surface area contributed by atoms with E-state index < -0.39 is 29.6 Å². The summed E-state index contributed by atoms with van der Waals surface area (Å²) in [5.41, 5.74) is -1.11. The van der Waals surface area contributed by atoms with Crippen molar-refractivity contribution in [1.82, 2.24) is 14.7 Å². The molecule has 0 aromatic rings. The maximum Gasteiger partial charge on any atom is 0.248 e. The lowest BCUT2D eigenvalue weighted by molar-refractivity contribution is -0.149. The van der Waals surface area contributed by atoms with Crippen molar-refractivity contribution in [3.63, 3.8) is 0 Å². The highest BCUT2D eigenvalue weighted by Gasteiger charge is 2.76. The lowest BCUT2D eigenvalue weighted by Crippen LogP contribution is -2.58. The molecule has 31 heavy (non-hydrogen) atoms. The van der Waals surface area contributed by atoms with Crippen molar-refractivity contribution in [2.24, 2.45) is 11.8 Å². The zero-order valence-corrected chi connectivity index (χ0v) is 20.0. The van der Waals surface area contributed by atoms with Crippen molar-refractivity contribution in [1.29, 1.82) is 0 Å². The summed E-state index contributed by atoms with van der Waals surface area (Å²) < 4.78 is 6.41. The van der Waals surface area contributed by atoms with Crippen LogP contribution in [0.2, 0.25) is 0 Å². The van der Waals surface area contributed by atoms with Gasteiger partial charge in [0.05, 0.1) is 24.5 Å². The molecule has 1 spiro atoms.